The van der Waals surface area contributed by atoms with E-state index in [2.05, 4.69) is 0 Å². The Labute approximate surface area is 133 Å². The standard InChI is InChI=1S/C17H17FOS2/c18-14-7-5-12(6-8-14)11-13-3-1-4-15(16(13)19)17-20-9-2-10-21-17/h5-8,11H,1-4,9-10H2/b13-11+. The second-order valence-corrected chi connectivity index (χ2v) is 7.69. The molecule has 2 fully saturated rings. The minimum atomic E-state index is -0.245. The minimum absolute atomic E-state index is 0.197. The topological polar surface area (TPSA) is 17.1 Å². The van der Waals surface area contributed by atoms with E-state index in [1.807, 2.05) is 29.6 Å². The second-order valence-electron chi connectivity index (χ2n) is 5.22. The molecule has 0 bridgehead atoms. The zero-order chi connectivity index (χ0) is 14.7. The number of hydrogen-bond acceptors (Lipinski definition) is 3. The third kappa shape index (κ3) is 3.61. The predicted molar refractivity (Wildman–Crippen MR) is 89.8 cm³/mol. The summed E-state index contributed by atoms with van der Waals surface area (Å²) in [7, 11) is 0. The van der Waals surface area contributed by atoms with E-state index in [9.17, 15) is 9.18 Å². The molecular formula is C17H17FOS2. The van der Waals surface area contributed by atoms with Gasteiger partial charge >= 0.3 is 0 Å². The van der Waals surface area contributed by atoms with Gasteiger partial charge in [0.25, 0.3) is 0 Å². The molecule has 1 aliphatic heterocycles. The summed E-state index contributed by atoms with van der Waals surface area (Å²) in [6.45, 7) is 0. The van der Waals surface area contributed by atoms with Gasteiger partial charge in [-0.1, -0.05) is 12.1 Å². The van der Waals surface area contributed by atoms with Gasteiger partial charge in [0.1, 0.15) is 5.82 Å². The lowest BCUT2D eigenvalue weighted by Gasteiger charge is -2.22. The largest absolute Gasteiger partial charge is 0.289 e. The molecule has 1 nitrogen and oxygen atoms in total. The van der Waals surface area contributed by atoms with Crippen LogP contribution < -0.4 is 0 Å². The van der Waals surface area contributed by atoms with Crippen molar-refractivity contribution in [1.29, 1.82) is 0 Å². The van der Waals surface area contributed by atoms with Crippen LogP contribution in [0.15, 0.2) is 39.6 Å². The van der Waals surface area contributed by atoms with E-state index in [4.69, 9.17) is 0 Å². The Balaban J connectivity index is 1.86. The number of ketones is 1. The molecule has 1 aliphatic carbocycles. The molecule has 21 heavy (non-hydrogen) atoms. The maximum Gasteiger partial charge on any atom is 0.186 e. The summed E-state index contributed by atoms with van der Waals surface area (Å²) in [5.41, 5.74) is 2.77. The van der Waals surface area contributed by atoms with E-state index in [0.29, 0.717) is 0 Å². The van der Waals surface area contributed by atoms with Crippen LogP contribution in [0.5, 0.6) is 0 Å². The fraction of sp³-hybridized carbons (Fsp3) is 0.353. The second kappa shape index (κ2) is 6.84. The van der Waals surface area contributed by atoms with Crippen LogP contribution in [0.1, 0.15) is 31.2 Å². The summed E-state index contributed by atoms with van der Waals surface area (Å²) in [6.07, 6.45) is 5.88. The zero-order valence-corrected chi connectivity index (χ0v) is 13.4. The third-order valence-corrected chi connectivity index (χ3v) is 6.36. The van der Waals surface area contributed by atoms with Crippen molar-refractivity contribution in [3.05, 3.63) is 51.0 Å². The fourth-order valence-corrected chi connectivity index (χ4v) is 5.28. The summed E-state index contributed by atoms with van der Waals surface area (Å²) in [5.74, 6) is 2.19. The fourth-order valence-electron chi connectivity index (χ4n) is 2.57. The Hall–Kier alpha value is -1.00. The average Bonchev–Trinajstić information content (AvgIpc) is 2.52. The molecule has 0 amide bonds. The maximum atomic E-state index is 12.9. The van der Waals surface area contributed by atoms with Crippen LogP contribution >= 0.6 is 23.5 Å². The maximum absolute atomic E-state index is 12.9. The van der Waals surface area contributed by atoms with Crippen molar-refractivity contribution >= 4 is 35.4 Å². The lowest BCUT2D eigenvalue weighted by atomic mass is 9.88. The highest BCUT2D eigenvalue weighted by Crippen LogP contribution is 2.41. The number of Topliss-reactive ketones (excluding diaryl/α,β-unsaturated/α-hetero) is 1. The first-order chi connectivity index (χ1) is 10.2. The van der Waals surface area contributed by atoms with E-state index >= 15 is 0 Å². The Morgan fingerprint density at radius 3 is 2.43 bits per heavy atom. The van der Waals surface area contributed by atoms with Crippen molar-refractivity contribution in [3.8, 4) is 0 Å². The lowest BCUT2D eigenvalue weighted by molar-refractivity contribution is -0.112. The van der Waals surface area contributed by atoms with Gasteiger partial charge in [-0.2, -0.15) is 0 Å². The monoisotopic (exact) mass is 320 g/mol. The SMILES string of the molecule is O=C1C(=C2SCCCS2)CCC/C1=C\c1ccc(F)cc1. The van der Waals surface area contributed by atoms with E-state index in [-0.39, 0.29) is 11.6 Å². The van der Waals surface area contributed by atoms with Gasteiger partial charge in [-0.05, 0) is 61.0 Å². The van der Waals surface area contributed by atoms with Crippen molar-refractivity contribution in [2.45, 2.75) is 25.7 Å². The summed E-state index contributed by atoms with van der Waals surface area (Å²) in [6, 6.07) is 6.32. The van der Waals surface area contributed by atoms with E-state index < -0.39 is 0 Å². The molecule has 3 rings (SSSR count). The van der Waals surface area contributed by atoms with Gasteiger partial charge in [-0.25, -0.2) is 4.39 Å². The number of carbonyl (C=O) groups is 1. The molecule has 0 N–H and O–H groups in total. The van der Waals surface area contributed by atoms with Crippen LogP contribution in [0.2, 0.25) is 0 Å². The first-order valence-electron chi connectivity index (χ1n) is 7.23. The first-order valence-corrected chi connectivity index (χ1v) is 9.21. The van der Waals surface area contributed by atoms with Crippen molar-refractivity contribution in [3.63, 3.8) is 0 Å². The quantitative estimate of drug-likeness (QED) is 0.675. The highest BCUT2D eigenvalue weighted by Gasteiger charge is 2.25. The molecule has 0 radical (unpaired) electrons. The smallest absolute Gasteiger partial charge is 0.186 e. The minimum Gasteiger partial charge on any atom is -0.289 e. The number of allylic oxidation sites excluding steroid dienone is 2. The molecule has 0 atom stereocenters. The Morgan fingerprint density at radius 1 is 1.00 bits per heavy atom. The number of rotatable bonds is 1. The van der Waals surface area contributed by atoms with Gasteiger partial charge in [0.15, 0.2) is 5.78 Å². The summed E-state index contributed by atoms with van der Waals surface area (Å²) in [5, 5.41) is 0. The number of thioether (sulfide) groups is 2. The molecule has 2 aliphatic rings. The molecule has 1 aromatic rings. The van der Waals surface area contributed by atoms with Crippen LogP contribution in [0.4, 0.5) is 4.39 Å². The zero-order valence-electron chi connectivity index (χ0n) is 11.7. The van der Waals surface area contributed by atoms with Crippen molar-refractivity contribution in [2.75, 3.05) is 11.5 Å². The van der Waals surface area contributed by atoms with Crippen LogP contribution in [-0.2, 0) is 4.79 Å². The predicted octanol–water partition coefficient (Wildman–Crippen LogP) is 5.04. The molecular weight excluding hydrogens is 303 g/mol. The van der Waals surface area contributed by atoms with Crippen molar-refractivity contribution in [2.24, 2.45) is 0 Å². The van der Waals surface area contributed by atoms with Crippen molar-refractivity contribution in [1.82, 2.24) is 0 Å². The number of halogens is 1. The summed E-state index contributed by atoms with van der Waals surface area (Å²) in [4.78, 5) is 12.7. The van der Waals surface area contributed by atoms with Gasteiger partial charge in [0.2, 0.25) is 0 Å². The van der Waals surface area contributed by atoms with Crippen LogP contribution in [0, 0.1) is 5.82 Å². The molecule has 110 valence electrons. The molecule has 1 saturated carbocycles. The normalized spacial score (nSPS) is 22.0. The number of hydrogen-bond donors (Lipinski definition) is 0. The van der Waals surface area contributed by atoms with E-state index in [1.165, 1.54) is 22.8 Å². The van der Waals surface area contributed by atoms with E-state index in [0.717, 1.165) is 47.5 Å². The van der Waals surface area contributed by atoms with Gasteiger partial charge in [0.05, 0.1) is 0 Å². The first kappa shape index (κ1) is 14.9. The number of carbonyl (C=O) groups excluding carboxylic acids is 1. The summed E-state index contributed by atoms with van der Waals surface area (Å²) < 4.78 is 14.2. The molecule has 1 saturated heterocycles. The summed E-state index contributed by atoms with van der Waals surface area (Å²) >= 11 is 3.66. The van der Waals surface area contributed by atoms with Gasteiger partial charge in [-0.15, -0.1) is 23.5 Å². The van der Waals surface area contributed by atoms with Gasteiger partial charge in [0, 0.05) is 15.4 Å². The highest BCUT2D eigenvalue weighted by molar-refractivity contribution is 8.22. The molecule has 4 heteroatoms. The Morgan fingerprint density at radius 2 is 1.71 bits per heavy atom. The average molecular weight is 320 g/mol. The van der Waals surface area contributed by atoms with Crippen LogP contribution in [-0.4, -0.2) is 17.3 Å². The van der Waals surface area contributed by atoms with Gasteiger partial charge < -0.3 is 0 Å². The van der Waals surface area contributed by atoms with Crippen LogP contribution in [0.25, 0.3) is 6.08 Å². The Bertz CT molecular complexity index is 594. The third-order valence-electron chi connectivity index (χ3n) is 3.65. The number of benzene rings is 1. The van der Waals surface area contributed by atoms with Gasteiger partial charge in [-0.3, -0.25) is 4.79 Å². The Kier molecular flexibility index (Phi) is 4.86. The molecule has 0 aromatic heterocycles. The van der Waals surface area contributed by atoms with Crippen molar-refractivity contribution < 1.29 is 9.18 Å². The molecule has 0 unspecified atom stereocenters. The lowest BCUT2D eigenvalue weighted by Crippen LogP contribution is -2.14. The molecule has 1 heterocycles. The molecule has 1 aromatic carbocycles. The van der Waals surface area contributed by atoms with E-state index in [1.54, 1.807) is 12.1 Å². The van der Waals surface area contributed by atoms with Crippen LogP contribution in [0.3, 0.4) is 0 Å². The highest BCUT2D eigenvalue weighted by atomic mass is 32.2. The molecule has 0 spiro atoms.